The normalized spacial score (nSPS) is 15.2. The first-order chi connectivity index (χ1) is 6.33. The highest BCUT2D eigenvalue weighted by molar-refractivity contribution is 6.15. The molecule has 1 aromatic carbocycles. The highest BCUT2D eigenvalue weighted by atomic mass is 16.1. The van der Waals surface area contributed by atoms with Crippen molar-refractivity contribution in [2.24, 2.45) is 4.99 Å². The molecule has 0 aliphatic carbocycles. The average Bonchev–Trinajstić information content (AvgIpc) is 2.19. The fraction of sp³-hybridized carbons (Fsp3) is 0.273. The maximum Gasteiger partial charge on any atom is 0.184 e. The van der Waals surface area contributed by atoms with Gasteiger partial charge in [0.05, 0.1) is 0 Å². The van der Waals surface area contributed by atoms with E-state index in [4.69, 9.17) is 0 Å². The molecule has 66 valence electrons. The Kier molecular flexibility index (Phi) is 1.97. The number of carbonyl (C=O) groups excluding carboxylic acids is 1. The van der Waals surface area contributed by atoms with Crippen molar-refractivity contribution < 1.29 is 4.79 Å². The summed E-state index contributed by atoms with van der Waals surface area (Å²) in [5.41, 5.74) is 2.89. The molecule has 2 nitrogen and oxygen atoms in total. The first-order valence-electron chi connectivity index (χ1n) is 4.49. The smallest absolute Gasteiger partial charge is 0.184 e. The highest BCUT2D eigenvalue weighted by Gasteiger charge is 2.17. The minimum absolute atomic E-state index is 0.132. The van der Waals surface area contributed by atoms with Gasteiger partial charge in [0.2, 0.25) is 0 Å². The summed E-state index contributed by atoms with van der Waals surface area (Å²) >= 11 is 0. The summed E-state index contributed by atoms with van der Waals surface area (Å²) in [5.74, 6) is 0.132. The van der Waals surface area contributed by atoms with E-state index in [1.165, 1.54) is 0 Å². The standard InChI is InChI=1S/C11H11NO/c1-2-10-8-5-3-4-6-9(8)11(13)7-12-10/h3-6H,2,7H2,1H3. The Hall–Kier alpha value is -1.44. The molecule has 0 radical (unpaired) electrons. The molecule has 0 atom stereocenters. The maximum atomic E-state index is 11.4. The monoisotopic (exact) mass is 173 g/mol. The van der Waals surface area contributed by atoms with E-state index in [-0.39, 0.29) is 5.78 Å². The minimum atomic E-state index is 0.132. The molecule has 0 bridgehead atoms. The summed E-state index contributed by atoms with van der Waals surface area (Å²) < 4.78 is 0. The van der Waals surface area contributed by atoms with Gasteiger partial charge in [0, 0.05) is 16.8 Å². The SMILES string of the molecule is CCC1=NCC(=O)c2ccccc21. The Balaban J connectivity index is 2.58. The van der Waals surface area contributed by atoms with Crippen molar-refractivity contribution in [1.82, 2.24) is 0 Å². The molecule has 0 unspecified atom stereocenters. The summed E-state index contributed by atoms with van der Waals surface area (Å²) in [6.07, 6.45) is 0.893. The lowest BCUT2D eigenvalue weighted by Crippen LogP contribution is -2.18. The zero-order chi connectivity index (χ0) is 9.26. The number of Topliss-reactive ketones (excluding diaryl/α,β-unsaturated/α-hetero) is 1. The number of rotatable bonds is 1. The number of hydrogen-bond acceptors (Lipinski definition) is 2. The average molecular weight is 173 g/mol. The van der Waals surface area contributed by atoms with Gasteiger partial charge in [0.15, 0.2) is 5.78 Å². The Bertz CT molecular complexity index is 379. The first kappa shape index (κ1) is 8.17. The lowest BCUT2D eigenvalue weighted by atomic mass is 9.96. The maximum absolute atomic E-state index is 11.4. The van der Waals surface area contributed by atoms with E-state index in [1.54, 1.807) is 0 Å². The number of hydrogen-bond donors (Lipinski definition) is 0. The van der Waals surface area contributed by atoms with Crippen molar-refractivity contribution >= 4 is 11.5 Å². The molecular weight excluding hydrogens is 162 g/mol. The molecule has 1 aliphatic heterocycles. The molecule has 1 aromatic rings. The van der Waals surface area contributed by atoms with Crippen LogP contribution in [0.4, 0.5) is 0 Å². The Labute approximate surface area is 77.3 Å². The predicted molar refractivity (Wildman–Crippen MR) is 52.5 cm³/mol. The molecule has 0 spiro atoms. The quantitative estimate of drug-likeness (QED) is 0.639. The molecule has 13 heavy (non-hydrogen) atoms. The van der Waals surface area contributed by atoms with Crippen LogP contribution in [0.5, 0.6) is 0 Å². The van der Waals surface area contributed by atoms with Crippen LogP contribution in [0.1, 0.15) is 29.3 Å². The zero-order valence-corrected chi connectivity index (χ0v) is 7.58. The van der Waals surface area contributed by atoms with Crippen LogP contribution in [0.2, 0.25) is 0 Å². The summed E-state index contributed by atoms with van der Waals surface area (Å²) in [5, 5.41) is 0. The van der Waals surface area contributed by atoms with Crippen LogP contribution in [0, 0.1) is 0 Å². The van der Waals surface area contributed by atoms with Crippen LogP contribution >= 0.6 is 0 Å². The van der Waals surface area contributed by atoms with E-state index in [2.05, 4.69) is 11.9 Å². The molecule has 0 amide bonds. The van der Waals surface area contributed by atoms with E-state index < -0.39 is 0 Å². The molecule has 0 saturated carbocycles. The third kappa shape index (κ3) is 1.28. The van der Waals surface area contributed by atoms with Gasteiger partial charge in [-0.1, -0.05) is 31.2 Å². The van der Waals surface area contributed by atoms with Crippen LogP contribution in [0.15, 0.2) is 29.3 Å². The molecule has 2 heteroatoms. The van der Waals surface area contributed by atoms with Crippen molar-refractivity contribution in [3.63, 3.8) is 0 Å². The predicted octanol–water partition coefficient (Wildman–Crippen LogP) is 2.08. The van der Waals surface area contributed by atoms with Crippen molar-refractivity contribution in [2.45, 2.75) is 13.3 Å². The second-order valence-corrected chi connectivity index (χ2v) is 3.09. The lowest BCUT2D eigenvalue weighted by Gasteiger charge is -2.14. The largest absolute Gasteiger partial charge is 0.292 e. The summed E-state index contributed by atoms with van der Waals surface area (Å²) in [6.45, 7) is 2.38. The highest BCUT2D eigenvalue weighted by Crippen LogP contribution is 2.16. The van der Waals surface area contributed by atoms with E-state index in [9.17, 15) is 4.79 Å². The van der Waals surface area contributed by atoms with Gasteiger partial charge >= 0.3 is 0 Å². The molecule has 0 fully saturated rings. The van der Waals surface area contributed by atoms with Gasteiger partial charge in [-0.3, -0.25) is 9.79 Å². The lowest BCUT2D eigenvalue weighted by molar-refractivity contribution is 0.1000. The third-order valence-corrected chi connectivity index (χ3v) is 2.29. The van der Waals surface area contributed by atoms with Crippen LogP contribution in [-0.4, -0.2) is 18.0 Å². The first-order valence-corrected chi connectivity index (χ1v) is 4.49. The number of ketones is 1. The van der Waals surface area contributed by atoms with Gasteiger partial charge in [-0.15, -0.1) is 0 Å². The molecule has 0 saturated heterocycles. The topological polar surface area (TPSA) is 29.4 Å². The van der Waals surface area contributed by atoms with Gasteiger partial charge in [0.1, 0.15) is 6.54 Å². The minimum Gasteiger partial charge on any atom is -0.292 e. The summed E-state index contributed by atoms with van der Waals surface area (Å²) in [6, 6.07) is 7.69. The Morgan fingerprint density at radius 2 is 2.00 bits per heavy atom. The van der Waals surface area contributed by atoms with Crippen LogP contribution in [0.3, 0.4) is 0 Å². The second kappa shape index (κ2) is 3.13. The van der Waals surface area contributed by atoms with Crippen molar-refractivity contribution in [2.75, 3.05) is 6.54 Å². The van der Waals surface area contributed by atoms with E-state index in [0.717, 1.165) is 23.3 Å². The van der Waals surface area contributed by atoms with Crippen molar-refractivity contribution in [3.8, 4) is 0 Å². The Morgan fingerprint density at radius 1 is 1.31 bits per heavy atom. The fourth-order valence-electron chi connectivity index (χ4n) is 1.62. The zero-order valence-electron chi connectivity index (χ0n) is 7.58. The van der Waals surface area contributed by atoms with Crippen LogP contribution in [-0.2, 0) is 0 Å². The third-order valence-electron chi connectivity index (χ3n) is 2.29. The van der Waals surface area contributed by atoms with E-state index >= 15 is 0 Å². The van der Waals surface area contributed by atoms with Crippen LogP contribution in [0.25, 0.3) is 0 Å². The van der Waals surface area contributed by atoms with Gasteiger partial charge in [-0.25, -0.2) is 0 Å². The molecule has 1 aliphatic rings. The van der Waals surface area contributed by atoms with Crippen LogP contribution < -0.4 is 0 Å². The Morgan fingerprint density at radius 3 is 2.69 bits per heavy atom. The fourth-order valence-corrected chi connectivity index (χ4v) is 1.62. The number of carbonyl (C=O) groups is 1. The summed E-state index contributed by atoms with van der Waals surface area (Å²) in [7, 11) is 0. The molecular formula is C11H11NO. The number of benzene rings is 1. The number of aliphatic imine (C=N–C) groups is 1. The molecule has 1 heterocycles. The van der Waals surface area contributed by atoms with Crippen molar-refractivity contribution in [1.29, 1.82) is 0 Å². The van der Waals surface area contributed by atoms with Gasteiger partial charge in [0.25, 0.3) is 0 Å². The molecule has 0 aromatic heterocycles. The summed E-state index contributed by atoms with van der Waals surface area (Å²) in [4.78, 5) is 15.7. The second-order valence-electron chi connectivity index (χ2n) is 3.09. The molecule has 0 N–H and O–H groups in total. The van der Waals surface area contributed by atoms with Gasteiger partial charge in [-0.05, 0) is 6.42 Å². The van der Waals surface area contributed by atoms with Gasteiger partial charge < -0.3 is 0 Å². The van der Waals surface area contributed by atoms with E-state index in [1.807, 2.05) is 24.3 Å². The molecule has 2 rings (SSSR count). The number of nitrogens with zero attached hydrogens (tertiary/aromatic N) is 1. The van der Waals surface area contributed by atoms with E-state index in [0.29, 0.717) is 6.54 Å². The van der Waals surface area contributed by atoms with Gasteiger partial charge in [-0.2, -0.15) is 0 Å². The number of fused-ring (bicyclic) bond motifs is 1. The van der Waals surface area contributed by atoms with Crippen molar-refractivity contribution in [3.05, 3.63) is 35.4 Å².